The molecular formula is C17H15BrN4O4. The number of benzene rings is 1. The summed E-state index contributed by atoms with van der Waals surface area (Å²) in [7, 11) is 2.91. The first-order valence-corrected chi connectivity index (χ1v) is 8.39. The maximum absolute atomic E-state index is 12.8. The van der Waals surface area contributed by atoms with Crippen LogP contribution in [0.4, 0.5) is 5.69 Å². The lowest BCUT2D eigenvalue weighted by molar-refractivity contribution is -0.116. The number of hydrogen-bond acceptors (Lipinski definition) is 5. The van der Waals surface area contributed by atoms with Crippen molar-refractivity contribution in [3.63, 3.8) is 0 Å². The molecule has 1 aromatic carbocycles. The number of nitrogens with one attached hydrogen (secondary N) is 1. The second kappa shape index (κ2) is 7.12. The van der Waals surface area contributed by atoms with Gasteiger partial charge in [0.25, 0.3) is 5.56 Å². The van der Waals surface area contributed by atoms with Gasteiger partial charge in [-0.05, 0) is 30.3 Å². The van der Waals surface area contributed by atoms with Crippen molar-refractivity contribution >= 4 is 38.6 Å². The van der Waals surface area contributed by atoms with Crippen molar-refractivity contribution in [1.82, 2.24) is 14.1 Å². The highest BCUT2D eigenvalue weighted by molar-refractivity contribution is 9.10. The molecule has 0 fully saturated rings. The Kier molecular flexibility index (Phi) is 4.90. The minimum Gasteiger partial charge on any atom is -0.496 e. The van der Waals surface area contributed by atoms with E-state index in [0.29, 0.717) is 5.69 Å². The van der Waals surface area contributed by atoms with Crippen LogP contribution in [0, 0.1) is 0 Å². The zero-order valence-corrected chi connectivity index (χ0v) is 15.6. The summed E-state index contributed by atoms with van der Waals surface area (Å²) in [6.45, 7) is -0.421. The van der Waals surface area contributed by atoms with E-state index >= 15 is 0 Å². The smallest absolute Gasteiger partial charge is 0.332 e. The number of ether oxygens (including phenoxy) is 1. The molecule has 0 spiro atoms. The molecule has 0 aliphatic rings. The topological polar surface area (TPSA) is 95.2 Å². The van der Waals surface area contributed by atoms with Gasteiger partial charge in [-0.25, -0.2) is 14.3 Å². The van der Waals surface area contributed by atoms with Gasteiger partial charge in [0.15, 0.2) is 5.65 Å². The summed E-state index contributed by atoms with van der Waals surface area (Å²) in [4.78, 5) is 41.6. The minimum absolute atomic E-state index is 0.147. The number of halogens is 1. The average molecular weight is 419 g/mol. The van der Waals surface area contributed by atoms with E-state index < -0.39 is 23.7 Å². The molecule has 0 aliphatic carbocycles. The van der Waals surface area contributed by atoms with Gasteiger partial charge in [-0.2, -0.15) is 0 Å². The van der Waals surface area contributed by atoms with E-state index in [1.165, 1.54) is 31.0 Å². The molecule has 9 heteroatoms. The predicted octanol–water partition coefficient (Wildman–Crippen LogP) is 1.50. The molecule has 3 rings (SSSR count). The van der Waals surface area contributed by atoms with Gasteiger partial charge in [-0.15, -0.1) is 0 Å². The Morgan fingerprint density at radius 3 is 2.58 bits per heavy atom. The van der Waals surface area contributed by atoms with Crippen molar-refractivity contribution in [2.75, 3.05) is 12.4 Å². The number of carbonyl (C=O) groups excluding carboxylic acids is 1. The molecule has 134 valence electrons. The standard InChI is InChI=1S/C17H15BrN4O4/c1-21-15-14(12(26-2)7-8-19-15)16(24)22(17(21)25)9-13(23)20-11-5-3-10(18)4-6-11/h3-8H,9H2,1-2H3,(H,20,23). The SMILES string of the molecule is COc1ccnc2c1c(=O)n(CC(=O)Nc1ccc(Br)cc1)c(=O)n2C. The van der Waals surface area contributed by atoms with Crippen LogP contribution < -0.4 is 21.3 Å². The molecular weight excluding hydrogens is 404 g/mol. The van der Waals surface area contributed by atoms with Crippen LogP contribution in [0.1, 0.15) is 0 Å². The highest BCUT2D eigenvalue weighted by Gasteiger charge is 2.17. The zero-order chi connectivity index (χ0) is 18.8. The van der Waals surface area contributed by atoms with E-state index in [9.17, 15) is 14.4 Å². The molecule has 1 amide bonds. The van der Waals surface area contributed by atoms with E-state index in [1.807, 2.05) is 0 Å². The summed E-state index contributed by atoms with van der Waals surface area (Å²) in [5.74, 6) is -0.202. The van der Waals surface area contributed by atoms with Crippen molar-refractivity contribution < 1.29 is 9.53 Å². The fourth-order valence-electron chi connectivity index (χ4n) is 2.57. The molecule has 1 N–H and O–H groups in total. The van der Waals surface area contributed by atoms with Crippen LogP contribution >= 0.6 is 15.9 Å². The van der Waals surface area contributed by atoms with Crippen LogP contribution in [0.2, 0.25) is 0 Å². The number of aryl methyl sites for hydroxylation is 1. The fourth-order valence-corrected chi connectivity index (χ4v) is 2.83. The first-order valence-electron chi connectivity index (χ1n) is 7.60. The Labute approximate surface area is 156 Å². The molecule has 2 aromatic heterocycles. The number of aromatic nitrogens is 3. The monoisotopic (exact) mass is 418 g/mol. The second-order valence-electron chi connectivity index (χ2n) is 5.50. The summed E-state index contributed by atoms with van der Waals surface area (Å²) in [6.07, 6.45) is 1.45. The number of amides is 1. The molecule has 0 saturated carbocycles. The van der Waals surface area contributed by atoms with E-state index in [0.717, 1.165) is 9.04 Å². The molecule has 0 aliphatic heterocycles. The largest absolute Gasteiger partial charge is 0.496 e. The molecule has 8 nitrogen and oxygen atoms in total. The number of anilines is 1. The molecule has 0 unspecified atom stereocenters. The van der Waals surface area contributed by atoms with Crippen molar-refractivity contribution in [3.05, 3.63) is 61.8 Å². The van der Waals surface area contributed by atoms with Gasteiger partial charge in [0.05, 0.1) is 7.11 Å². The summed E-state index contributed by atoms with van der Waals surface area (Å²) in [5, 5.41) is 2.80. The fraction of sp³-hybridized carbons (Fsp3) is 0.176. The normalized spacial score (nSPS) is 10.7. The van der Waals surface area contributed by atoms with Crippen molar-refractivity contribution in [3.8, 4) is 5.75 Å². The number of nitrogens with zero attached hydrogens (tertiary/aromatic N) is 3. The van der Waals surface area contributed by atoms with Gasteiger partial charge in [0.2, 0.25) is 5.91 Å². The Morgan fingerprint density at radius 1 is 1.23 bits per heavy atom. The van der Waals surface area contributed by atoms with Gasteiger partial charge < -0.3 is 10.1 Å². The van der Waals surface area contributed by atoms with Crippen molar-refractivity contribution in [2.24, 2.45) is 7.05 Å². The third-order valence-corrected chi connectivity index (χ3v) is 4.37. The number of fused-ring (bicyclic) bond motifs is 1. The molecule has 0 saturated heterocycles. The van der Waals surface area contributed by atoms with E-state index in [-0.39, 0.29) is 16.8 Å². The lowest BCUT2D eigenvalue weighted by atomic mass is 10.3. The Morgan fingerprint density at radius 2 is 1.92 bits per heavy atom. The summed E-state index contributed by atoms with van der Waals surface area (Å²) in [6, 6.07) is 8.48. The Bertz CT molecular complexity index is 1100. The second-order valence-corrected chi connectivity index (χ2v) is 6.42. The van der Waals surface area contributed by atoms with Crippen LogP contribution in [0.3, 0.4) is 0 Å². The highest BCUT2D eigenvalue weighted by atomic mass is 79.9. The number of rotatable bonds is 4. The molecule has 26 heavy (non-hydrogen) atoms. The third-order valence-electron chi connectivity index (χ3n) is 3.84. The van der Waals surface area contributed by atoms with Crippen LogP contribution in [-0.2, 0) is 18.4 Å². The number of methoxy groups -OCH3 is 1. The first kappa shape index (κ1) is 17.9. The van der Waals surface area contributed by atoms with E-state index in [4.69, 9.17) is 4.74 Å². The van der Waals surface area contributed by atoms with Gasteiger partial charge >= 0.3 is 5.69 Å². The molecule has 0 radical (unpaired) electrons. The summed E-state index contributed by atoms with van der Waals surface area (Å²) >= 11 is 3.31. The lowest BCUT2D eigenvalue weighted by Gasteiger charge is -2.12. The van der Waals surface area contributed by atoms with Gasteiger partial charge in [-0.1, -0.05) is 15.9 Å². The highest BCUT2D eigenvalue weighted by Crippen LogP contribution is 2.18. The third kappa shape index (κ3) is 3.25. The van der Waals surface area contributed by atoms with Gasteiger partial charge in [-0.3, -0.25) is 14.2 Å². The van der Waals surface area contributed by atoms with E-state index in [1.54, 1.807) is 24.3 Å². The molecule has 3 aromatic rings. The molecule has 0 atom stereocenters. The quantitative estimate of drug-likeness (QED) is 0.692. The number of hydrogen-bond donors (Lipinski definition) is 1. The predicted molar refractivity (Wildman–Crippen MR) is 101 cm³/mol. The van der Waals surface area contributed by atoms with Crippen LogP contribution in [0.25, 0.3) is 11.0 Å². The Hall–Kier alpha value is -2.94. The van der Waals surface area contributed by atoms with Gasteiger partial charge in [0, 0.05) is 23.4 Å². The van der Waals surface area contributed by atoms with Crippen molar-refractivity contribution in [1.29, 1.82) is 0 Å². The van der Waals surface area contributed by atoms with E-state index in [2.05, 4.69) is 26.2 Å². The van der Waals surface area contributed by atoms with Crippen LogP contribution in [0.15, 0.2) is 50.6 Å². The lowest BCUT2D eigenvalue weighted by Crippen LogP contribution is -2.42. The average Bonchev–Trinajstić information content (AvgIpc) is 2.64. The number of pyridine rings is 1. The van der Waals surface area contributed by atoms with Gasteiger partial charge in [0.1, 0.15) is 17.7 Å². The molecule has 2 heterocycles. The first-order chi connectivity index (χ1) is 12.4. The van der Waals surface area contributed by atoms with Crippen LogP contribution in [0.5, 0.6) is 5.75 Å². The van der Waals surface area contributed by atoms with Crippen LogP contribution in [-0.4, -0.2) is 27.1 Å². The summed E-state index contributed by atoms with van der Waals surface area (Å²) in [5.41, 5.74) is -0.500. The van der Waals surface area contributed by atoms with Crippen molar-refractivity contribution in [2.45, 2.75) is 6.54 Å². The molecule has 0 bridgehead atoms. The maximum atomic E-state index is 12.8. The zero-order valence-electron chi connectivity index (χ0n) is 14.0. The minimum atomic E-state index is -0.630. The Balaban J connectivity index is 2.02. The number of carbonyl (C=O) groups is 1. The summed E-state index contributed by atoms with van der Waals surface area (Å²) < 4.78 is 8.14. The maximum Gasteiger partial charge on any atom is 0.332 e.